The first-order valence-corrected chi connectivity index (χ1v) is 33.9. The van der Waals surface area contributed by atoms with E-state index in [1.807, 2.05) is 166 Å². The van der Waals surface area contributed by atoms with Crippen LogP contribution >= 0.6 is 0 Å². The summed E-state index contributed by atoms with van der Waals surface area (Å²) in [6.45, 7) is 14.3. The molecule has 28 nitrogen and oxygen atoms in total. The monoisotopic (exact) mass is 1430 g/mol. The predicted octanol–water partition coefficient (Wildman–Crippen LogP) is 11.6. The van der Waals surface area contributed by atoms with Crippen molar-refractivity contribution in [1.29, 1.82) is 0 Å². The Kier molecular flexibility index (Phi) is 20.7. The van der Waals surface area contributed by atoms with E-state index in [0.29, 0.717) is 159 Å². The van der Waals surface area contributed by atoms with Gasteiger partial charge in [0.05, 0.1) is 86.1 Å². The van der Waals surface area contributed by atoms with E-state index < -0.39 is 18.1 Å². The maximum atomic E-state index is 13.9. The van der Waals surface area contributed by atoms with Gasteiger partial charge in [-0.1, -0.05) is 95.7 Å². The van der Waals surface area contributed by atoms with Gasteiger partial charge in [0.15, 0.2) is 0 Å². The molecule has 15 rings (SSSR count). The summed E-state index contributed by atoms with van der Waals surface area (Å²) in [4.78, 5) is 75.5. The van der Waals surface area contributed by atoms with Gasteiger partial charge in [-0.2, -0.15) is 9.78 Å². The molecule has 15 aromatic rings. The minimum atomic E-state index is -0.458. The molecule has 0 fully saturated rings. The fourth-order valence-electron chi connectivity index (χ4n) is 12.3. The van der Waals surface area contributed by atoms with Gasteiger partial charge in [-0.05, 0) is 138 Å². The van der Waals surface area contributed by atoms with E-state index >= 15 is 0 Å². The summed E-state index contributed by atoms with van der Waals surface area (Å²) in [6, 6.07) is 48.3. The number of nitrogens with one attached hydrogen (secondary N) is 3. The number of hydrogen-bond donors (Lipinski definition) is 6. The van der Waals surface area contributed by atoms with Crippen molar-refractivity contribution in [3.63, 3.8) is 0 Å². The van der Waals surface area contributed by atoms with Crippen molar-refractivity contribution < 1.29 is 8.94 Å². The lowest BCUT2D eigenvalue weighted by Gasteiger charge is -2.21. The second-order valence-corrected chi connectivity index (χ2v) is 24.4. The molecule has 0 amide bonds. The number of aryl methyl sites for hydroxylation is 3. The highest BCUT2D eigenvalue weighted by Gasteiger charge is 2.28. The summed E-state index contributed by atoms with van der Waals surface area (Å²) >= 11 is 0. The highest BCUT2D eigenvalue weighted by atomic mass is 16.5. The molecule has 6 aromatic carbocycles. The molecule has 0 spiro atoms. The fourth-order valence-corrected chi connectivity index (χ4v) is 12.3. The summed E-state index contributed by atoms with van der Waals surface area (Å²) in [6.07, 6.45) is 4.78. The molecule has 0 saturated heterocycles. The van der Waals surface area contributed by atoms with Crippen molar-refractivity contribution in [2.45, 2.75) is 73.5 Å². The molecule has 108 heavy (non-hydrogen) atoms. The summed E-state index contributed by atoms with van der Waals surface area (Å²) < 4.78 is 15.6. The lowest BCUT2D eigenvalue weighted by molar-refractivity contribution is 0.394. The average molecular weight is 1430 g/mol. The van der Waals surface area contributed by atoms with Crippen LogP contribution in [0.2, 0.25) is 0 Å². The Morgan fingerprint density at radius 3 is 1.13 bits per heavy atom. The van der Waals surface area contributed by atoms with E-state index in [4.69, 9.17) is 41.1 Å². The number of nitrogen functional groups attached to an aromatic ring is 3. The molecule has 0 aliphatic carbocycles. The number of nitrogens with zero attached hydrogens (tertiary/aromatic N) is 17. The lowest BCUT2D eigenvalue weighted by atomic mass is 10.1. The number of nitrogens with two attached hydrogens (primary N) is 3. The Bertz CT molecular complexity index is 5690. The van der Waals surface area contributed by atoms with Gasteiger partial charge in [-0.25, -0.2) is 29.9 Å². The molecule has 0 aliphatic heterocycles. The summed E-state index contributed by atoms with van der Waals surface area (Å²) in [5.74, 6) is 22.3. The van der Waals surface area contributed by atoms with E-state index in [1.54, 1.807) is 92.2 Å². The number of rotatable bonds is 15. The van der Waals surface area contributed by atoms with E-state index in [0.717, 1.165) is 0 Å². The van der Waals surface area contributed by atoms with E-state index in [1.165, 1.54) is 4.80 Å². The second-order valence-electron chi connectivity index (χ2n) is 24.4. The second kappa shape index (κ2) is 31.3. The first kappa shape index (κ1) is 71.4. The Morgan fingerprint density at radius 2 is 0.796 bits per heavy atom. The maximum absolute atomic E-state index is 13.9. The number of tetrazole rings is 1. The summed E-state index contributed by atoms with van der Waals surface area (Å²) in [5.41, 5.74) is 26.6. The number of fused-ring (bicyclic) bond motifs is 3. The zero-order valence-electron chi connectivity index (χ0n) is 59.9. The first-order valence-electron chi connectivity index (χ1n) is 33.9. The van der Waals surface area contributed by atoms with Crippen LogP contribution in [-0.2, 0) is 7.05 Å². The van der Waals surface area contributed by atoms with Crippen LogP contribution in [0, 0.1) is 49.4 Å². The number of hydrogen-bond acceptors (Lipinski definition) is 24. The van der Waals surface area contributed by atoms with Crippen molar-refractivity contribution in [3.8, 4) is 86.8 Å². The van der Waals surface area contributed by atoms with E-state index in [9.17, 15) is 14.4 Å². The Labute approximate surface area is 617 Å². The van der Waals surface area contributed by atoms with Gasteiger partial charge in [-0.15, -0.1) is 38.2 Å². The van der Waals surface area contributed by atoms with Gasteiger partial charge in [-0.3, -0.25) is 28.1 Å². The molecular weight excluding hydrogens is 1360 g/mol. The van der Waals surface area contributed by atoms with Crippen molar-refractivity contribution >= 4 is 67.2 Å². The maximum Gasteiger partial charge on any atom is 0.267 e. The number of pyridine rings is 3. The molecule has 0 saturated carbocycles. The third kappa shape index (κ3) is 14.6. The van der Waals surface area contributed by atoms with Crippen LogP contribution in [0.4, 0.5) is 34.5 Å². The molecule has 28 heteroatoms. The number of aromatic nitrogens is 17. The Morgan fingerprint density at radius 1 is 0.426 bits per heavy atom. The van der Waals surface area contributed by atoms with Gasteiger partial charge in [0, 0.05) is 66.2 Å². The molecule has 9 heterocycles. The summed E-state index contributed by atoms with van der Waals surface area (Å²) in [7, 11) is 1.67. The van der Waals surface area contributed by atoms with Crippen LogP contribution in [0.15, 0.2) is 206 Å². The fraction of sp³-hybridized carbons (Fsp3) is 0.150. The summed E-state index contributed by atoms with van der Waals surface area (Å²) in [5, 5.41) is 35.8. The van der Waals surface area contributed by atoms with Crippen molar-refractivity contribution in [3.05, 3.63) is 259 Å². The Hall–Kier alpha value is -15.0. The smallest absolute Gasteiger partial charge is 0.267 e. The van der Waals surface area contributed by atoms with Gasteiger partial charge >= 0.3 is 0 Å². The molecule has 3 atom stereocenters. The highest BCUT2D eigenvalue weighted by Crippen LogP contribution is 2.36. The van der Waals surface area contributed by atoms with Crippen molar-refractivity contribution in [2.24, 2.45) is 7.05 Å². The van der Waals surface area contributed by atoms with Crippen LogP contribution in [-0.4, -0.2) is 84.2 Å². The van der Waals surface area contributed by atoms with Crippen LogP contribution in [0.25, 0.3) is 84.0 Å². The topological polar surface area (TPSA) is 379 Å². The third-order valence-corrected chi connectivity index (χ3v) is 17.0. The molecule has 0 unspecified atom stereocenters. The number of para-hydroxylation sites is 3. The highest BCUT2D eigenvalue weighted by molar-refractivity contribution is 5.88. The first-order chi connectivity index (χ1) is 52.4. The number of anilines is 6. The standard InChI is InChI=1S/2C27H23N7O2.C26H23N9O/c1-4-9-18-10-8-13-21-22(18)27(35)34(19-11-6-5-7-12-19)26(32-21)16(2)30-24-23(20(28)14-15-29-24)25-31-17(3)36-33-25;1-4-9-18-10-8-13-21-22(18)27(35)34(19-11-6-5-7-12-19)25(31-21)16(2)30-24-23(20(28)14-15-29-24)26-33-32-17(3)36-26;1-4-9-17-10-8-13-20-21(17)26(36)35(18-11-6-5-7-12-18)25(30-20)16(2)29-23-22(19(27)14-15-28-23)24-31-33-34(3)32-24/h2*5-8,10-16H,1-3H3,(H3,28,29,30);5-8,10-16H,1-3H3,(H3,27,28,29)/t3*16-/m000/s1. The van der Waals surface area contributed by atoms with Crippen LogP contribution in [0.1, 0.15) is 106 Å². The normalized spacial score (nSPS) is 11.6. The molecular formula is C80H69N23O5. The zero-order chi connectivity index (χ0) is 75.7. The van der Waals surface area contributed by atoms with Crippen LogP contribution in [0.3, 0.4) is 0 Å². The SMILES string of the molecule is CC#Cc1cccc2nc([C@H](C)Nc3nccc(N)c3-c3nnc(C)o3)n(-c3ccccc3)c(=O)c12.CC#Cc1cccc2nc([C@H](C)Nc3nccc(N)c3-c3nnn(C)n3)n(-c3ccccc3)c(=O)c12.CC#Cc1cccc2nc([C@H](C)Nc3nccc(N)c3-c3noc(C)n3)n(-c3ccccc3)c(=O)c12. The third-order valence-electron chi connectivity index (χ3n) is 17.0. The molecule has 9 N–H and O–H groups in total. The average Bonchev–Trinajstić information content (AvgIpc) is 1.11. The van der Waals surface area contributed by atoms with E-state index in [2.05, 4.69) is 102 Å². The van der Waals surface area contributed by atoms with Crippen molar-refractivity contribution in [2.75, 3.05) is 33.2 Å². The molecule has 0 radical (unpaired) electrons. The number of benzene rings is 6. The van der Waals surface area contributed by atoms with Crippen LogP contribution in [0.5, 0.6) is 0 Å². The Balaban J connectivity index is 0.000000143. The minimum Gasteiger partial charge on any atom is -0.421 e. The van der Waals surface area contributed by atoms with Crippen molar-refractivity contribution in [1.82, 2.24) is 84.2 Å². The predicted molar refractivity (Wildman–Crippen MR) is 416 cm³/mol. The molecule has 9 aromatic heterocycles. The van der Waals surface area contributed by atoms with Crippen LogP contribution < -0.4 is 49.8 Å². The largest absolute Gasteiger partial charge is 0.421 e. The van der Waals surface area contributed by atoms with Gasteiger partial charge in [0.2, 0.25) is 23.4 Å². The molecule has 0 aliphatic rings. The van der Waals surface area contributed by atoms with Gasteiger partial charge in [0.1, 0.15) is 40.5 Å². The van der Waals surface area contributed by atoms with Gasteiger partial charge in [0.25, 0.3) is 22.6 Å². The quantitative estimate of drug-likeness (QED) is 0.0519. The van der Waals surface area contributed by atoms with Gasteiger partial charge < -0.3 is 42.1 Å². The lowest BCUT2D eigenvalue weighted by Crippen LogP contribution is -2.28. The zero-order valence-corrected chi connectivity index (χ0v) is 59.9. The molecule has 534 valence electrons. The molecule has 0 bridgehead atoms. The minimum absolute atomic E-state index is 0.204. The van der Waals surface area contributed by atoms with E-state index in [-0.39, 0.29) is 22.6 Å².